The number of ether oxygens (including phenoxy) is 4. The zero-order chi connectivity index (χ0) is 40.1. The number of ketones is 1. The van der Waals surface area contributed by atoms with Gasteiger partial charge in [0.05, 0.1) is 66.0 Å². The van der Waals surface area contributed by atoms with Crippen LogP contribution in [0.3, 0.4) is 0 Å². The van der Waals surface area contributed by atoms with Gasteiger partial charge in [0.1, 0.15) is 23.3 Å². The number of allylic oxidation sites excluding steroid dienone is 2. The van der Waals surface area contributed by atoms with Crippen LogP contribution in [-0.2, 0) is 38.7 Å². The summed E-state index contributed by atoms with van der Waals surface area (Å²) in [5.41, 5.74) is -2.15. The molecular weight excluding hydrogens is 734 g/mol. The average molecular weight is 786 g/mol. The van der Waals surface area contributed by atoms with E-state index in [0.29, 0.717) is 42.2 Å². The van der Waals surface area contributed by atoms with Gasteiger partial charge in [0, 0.05) is 18.2 Å². The Kier molecular flexibility index (Phi) is 11.1. The molecule has 0 radical (unpaired) electrons. The summed E-state index contributed by atoms with van der Waals surface area (Å²) in [5, 5.41) is 0.872. The van der Waals surface area contributed by atoms with Gasteiger partial charge in [-0.1, -0.05) is 12.2 Å². The van der Waals surface area contributed by atoms with E-state index in [2.05, 4.69) is 9.71 Å². The van der Waals surface area contributed by atoms with Crippen molar-refractivity contribution in [2.24, 2.45) is 17.3 Å². The van der Waals surface area contributed by atoms with Crippen LogP contribution in [0.25, 0.3) is 10.8 Å². The summed E-state index contributed by atoms with van der Waals surface area (Å²) in [6, 6.07) is 2.99. The summed E-state index contributed by atoms with van der Waals surface area (Å²) in [7, 11) is -2.53. The van der Waals surface area contributed by atoms with Gasteiger partial charge in [0.25, 0.3) is 0 Å². The first kappa shape index (κ1) is 40.6. The summed E-state index contributed by atoms with van der Waals surface area (Å²) in [6.07, 6.45) is 4.94. The second kappa shape index (κ2) is 15.1. The van der Waals surface area contributed by atoms with Crippen LogP contribution in [0.15, 0.2) is 36.5 Å². The molecule has 1 saturated heterocycles. The summed E-state index contributed by atoms with van der Waals surface area (Å²) in [4.78, 5) is 62.3. The van der Waals surface area contributed by atoms with Gasteiger partial charge in [-0.25, -0.2) is 17.8 Å². The van der Waals surface area contributed by atoms with E-state index in [1.807, 2.05) is 19.1 Å². The van der Waals surface area contributed by atoms with Crippen molar-refractivity contribution < 1.29 is 50.9 Å². The van der Waals surface area contributed by atoms with Gasteiger partial charge in [-0.05, 0) is 97.8 Å². The third-order valence-electron chi connectivity index (χ3n) is 11.3. The quantitative estimate of drug-likeness (QED) is 0.277. The third-order valence-corrected chi connectivity index (χ3v) is 13.5. The molecule has 0 unspecified atom stereocenters. The monoisotopic (exact) mass is 785 g/mol. The second-order valence-electron chi connectivity index (χ2n) is 16.9. The Morgan fingerprint density at radius 1 is 1.15 bits per heavy atom. The molecule has 2 amide bonds. The van der Waals surface area contributed by atoms with Crippen molar-refractivity contribution in [3.8, 4) is 11.6 Å². The van der Waals surface area contributed by atoms with Crippen LogP contribution in [0.1, 0.15) is 92.9 Å². The summed E-state index contributed by atoms with van der Waals surface area (Å²) < 4.78 is 65.8. The van der Waals surface area contributed by atoms with Crippen molar-refractivity contribution in [3.63, 3.8) is 0 Å². The minimum absolute atomic E-state index is 0.00549. The number of fused-ring (bicyclic) bond motifs is 3. The largest absolute Gasteiger partial charge is 0.494 e. The number of carbonyl (C=O) groups is 4. The molecule has 0 bridgehead atoms. The van der Waals surface area contributed by atoms with E-state index >= 15 is 0 Å². The number of benzene rings is 1. The van der Waals surface area contributed by atoms with Crippen LogP contribution in [-0.4, -0.2) is 90.2 Å². The fourth-order valence-corrected chi connectivity index (χ4v) is 9.05. The highest BCUT2D eigenvalue weighted by molar-refractivity contribution is 7.91. The molecular formula is C40H52FN3O10S. The van der Waals surface area contributed by atoms with Gasteiger partial charge < -0.3 is 23.8 Å². The van der Waals surface area contributed by atoms with Gasteiger partial charge in [-0.3, -0.25) is 23.9 Å². The fraction of sp³-hybridized carbons (Fsp3) is 0.625. The normalized spacial score (nSPS) is 30.3. The first-order chi connectivity index (χ1) is 25.8. The molecule has 2 aromatic rings. The van der Waals surface area contributed by atoms with Gasteiger partial charge >= 0.3 is 5.97 Å². The van der Waals surface area contributed by atoms with E-state index in [9.17, 15) is 32.0 Å². The number of sulfonamides is 1. The lowest BCUT2D eigenvalue weighted by Gasteiger charge is -2.32. The minimum Gasteiger partial charge on any atom is -0.494 e. The summed E-state index contributed by atoms with van der Waals surface area (Å²) in [6.45, 7) is 10.3. The molecule has 1 N–H and O–H groups in total. The predicted molar refractivity (Wildman–Crippen MR) is 200 cm³/mol. The van der Waals surface area contributed by atoms with Crippen molar-refractivity contribution in [2.75, 3.05) is 13.7 Å². The molecule has 7 atom stereocenters. The van der Waals surface area contributed by atoms with E-state index in [0.717, 1.165) is 0 Å². The molecule has 2 aliphatic heterocycles. The first-order valence-corrected chi connectivity index (χ1v) is 20.5. The molecule has 4 aliphatic rings. The van der Waals surface area contributed by atoms with Crippen molar-refractivity contribution in [1.29, 1.82) is 0 Å². The number of pyridine rings is 1. The van der Waals surface area contributed by atoms with Gasteiger partial charge in [0.2, 0.25) is 27.7 Å². The fourth-order valence-electron chi connectivity index (χ4n) is 7.71. The number of carbonyl (C=O) groups excluding carboxylic acids is 4. The zero-order valence-corrected chi connectivity index (χ0v) is 33.4. The molecule has 1 aromatic heterocycles. The third kappa shape index (κ3) is 8.67. The minimum atomic E-state index is -3.99. The van der Waals surface area contributed by atoms with Crippen LogP contribution in [0.2, 0.25) is 0 Å². The highest BCUT2D eigenvalue weighted by Crippen LogP contribution is 2.57. The lowest BCUT2D eigenvalue weighted by atomic mass is 9.90. The molecule has 0 spiro atoms. The van der Waals surface area contributed by atoms with Crippen molar-refractivity contribution in [1.82, 2.24) is 14.6 Å². The van der Waals surface area contributed by atoms with E-state index < -0.39 is 85.3 Å². The molecule has 3 fully saturated rings. The number of esters is 1. The zero-order valence-electron chi connectivity index (χ0n) is 32.6. The van der Waals surface area contributed by atoms with Crippen molar-refractivity contribution >= 4 is 44.4 Å². The molecule has 6 rings (SSSR count). The van der Waals surface area contributed by atoms with Crippen molar-refractivity contribution in [2.45, 2.75) is 128 Å². The molecule has 13 nitrogen and oxygen atoms in total. The molecule has 15 heteroatoms. The molecule has 300 valence electrons. The van der Waals surface area contributed by atoms with E-state index in [1.54, 1.807) is 40.7 Å². The number of nitrogens with zero attached hydrogens (tertiary/aromatic N) is 2. The van der Waals surface area contributed by atoms with Crippen LogP contribution in [0.4, 0.5) is 4.39 Å². The number of halogens is 1. The number of hydrogen-bond donors (Lipinski definition) is 1. The number of methoxy groups -OCH3 is 1. The summed E-state index contributed by atoms with van der Waals surface area (Å²) >= 11 is 0. The SMILES string of the molecule is COc1cnc(O[C@@H]2C[C@H]3C(=O)C[C@]4(C(=O)NS(=O)(=O)C5(C)CC5)C[C@H]4/C=C\CC[C@@H](C)O[C@@H](C)[C@H](CC(=O)OC(C)(C)C)C(=O)N3C2)c2cc(F)ccc12. The van der Waals surface area contributed by atoms with Crippen LogP contribution >= 0.6 is 0 Å². The number of hydrogen-bond acceptors (Lipinski definition) is 11. The number of nitrogens with one attached hydrogen (secondary N) is 1. The number of rotatable bonds is 8. The summed E-state index contributed by atoms with van der Waals surface area (Å²) in [5.74, 6) is -3.83. The Bertz CT molecular complexity index is 1990. The highest BCUT2D eigenvalue weighted by atomic mass is 32.2. The lowest BCUT2D eigenvalue weighted by molar-refractivity contribution is -0.163. The van der Waals surface area contributed by atoms with Gasteiger partial charge in [0.15, 0.2) is 5.78 Å². The smallest absolute Gasteiger partial charge is 0.307 e. The molecule has 2 saturated carbocycles. The predicted octanol–water partition coefficient (Wildman–Crippen LogP) is 5.19. The number of amides is 2. The Morgan fingerprint density at radius 2 is 1.87 bits per heavy atom. The Hall–Kier alpha value is -4.11. The van der Waals surface area contributed by atoms with Gasteiger partial charge in [-0.15, -0.1) is 0 Å². The maximum atomic E-state index is 14.8. The van der Waals surface area contributed by atoms with Crippen LogP contribution < -0.4 is 14.2 Å². The second-order valence-corrected chi connectivity index (χ2v) is 19.0. The maximum Gasteiger partial charge on any atom is 0.307 e. The topological polar surface area (TPSA) is 168 Å². The average Bonchev–Trinajstić information content (AvgIpc) is 3.98. The molecule has 3 heterocycles. The standard InChI is InChI=1S/C40H52FN3O10S/c1-23-10-8-9-11-25-19-40(25,37(48)43-55(49,50)39(6)14-15-39)20-32(45)31-17-27(53-35-30-16-26(41)12-13-28(30)33(51-7)21-42-35)22-44(31)36(47)29(24(2)52-23)18-34(46)54-38(3,4)5/h9,11-13,16,21,23-25,27,29,31H,8,10,14-15,17-20,22H2,1-7H3,(H,43,48)/b11-9-/t23-,24+,25-,27-,29+,31+,40-/m1/s1. The Morgan fingerprint density at radius 3 is 2.55 bits per heavy atom. The molecule has 2 aliphatic carbocycles. The molecule has 1 aromatic carbocycles. The number of aromatic nitrogens is 1. The van der Waals surface area contributed by atoms with E-state index in [4.69, 9.17) is 18.9 Å². The Labute approximate surface area is 321 Å². The van der Waals surface area contributed by atoms with Gasteiger partial charge in [-0.2, -0.15) is 0 Å². The van der Waals surface area contributed by atoms with Crippen LogP contribution in [0, 0.1) is 23.1 Å². The highest BCUT2D eigenvalue weighted by Gasteiger charge is 2.62. The maximum absolute atomic E-state index is 14.8. The first-order valence-electron chi connectivity index (χ1n) is 19.0. The molecule has 55 heavy (non-hydrogen) atoms. The van der Waals surface area contributed by atoms with E-state index in [-0.39, 0.29) is 44.2 Å². The van der Waals surface area contributed by atoms with Crippen LogP contribution in [0.5, 0.6) is 11.6 Å². The Balaban J connectivity index is 1.36. The lowest BCUT2D eigenvalue weighted by Crippen LogP contribution is -2.49. The van der Waals surface area contributed by atoms with E-state index in [1.165, 1.54) is 30.3 Å². The number of Topliss-reactive ketones (excluding diaryl/α,β-unsaturated/α-hetero) is 1. The van der Waals surface area contributed by atoms with Crippen molar-refractivity contribution in [3.05, 3.63) is 42.4 Å².